The number of halogens is 1. The molecule has 1 atom stereocenters. The van der Waals surface area contributed by atoms with Crippen molar-refractivity contribution < 1.29 is 4.79 Å². The molecule has 1 heterocycles. The first-order chi connectivity index (χ1) is 14.5. The van der Waals surface area contributed by atoms with Gasteiger partial charge in [0.1, 0.15) is 0 Å². The van der Waals surface area contributed by atoms with Crippen LogP contribution < -0.4 is 16.3 Å². The molecule has 1 amide bonds. The summed E-state index contributed by atoms with van der Waals surface area (Å²) >= 11 is 3.41. The summed E-state index contributed by atoms with van der Waals surface area (Å²) in [5.74, 6) is 0.301. The molecule has 6 heteroatoms. The lowest BCUT2D eigenvalue weighted by Gasteiger charge is -2.32. The maximum Gasteiger partial charge on any atom is 0.283 e. The molecule has 5 nitrogen and oxygen atoms in total. The summed E-state index contributed by atoms with van der Waals surface area (Å²) in [6, 6.07) is 10.2. The van der Waals surface area contributed by atoms with E-state index in [0.717, 1.165) is 24.8 Å². The molecule has 0 unspecified atom stereocenters. The summed E-state index contributed by atoms with van der Waals surface area (Å²) < 4.78 is 1.92. The number of rotatable bonds is 7. The van der Waals surface area contributed by atoms with Gasteiger partial charge in [-0.25, -0.2) is 4.68 Å². The van der Waals surface area contributed by atoms with Crippen molar-refractivity contribution in [2.45, 2.75) is 65.3 Å². The molecular weight excluding hydrogens is 442 g/mol. The fourth-order valence-corrected chi connectivity index (χ4v) is 4.84. The van der Waals surface area contributed by atoms with Crippen LogP contribution in [-0.2, 0) is 0 Å². The van der Waals surface area contributed by atoms with Gasteiger partial charge in [0.2, 0.25) is 0 Å². The fourth-order valence-electron chi connectivity index (χ4n) is 4.47. The first-order valence-electron chi connectivity index (χ1n) is 11.0. The number of hydrogen-bond donors (Lipinski definition) is 2. The molecule has 1 fully saturated rings. The van der Waals surface area contributed by atoms with Crippen molar-refractivity contribution in [2.24, 2.45) is 5.92 Å². The summed E-state index contributed by atoms with van der Waals surface area (Å²) in [6.07, 6.45) is 6.82. The summed E-state index contributed by atoms with van der Waals surface area (Å²) in [6.45, 7) is 6.36. The molecule has 0 saturated heterocycles. The van der Waals surface area contributed by atoms with Crippen LogP contribution >= 0.6 is 15.9 Å². The highest BCUT2D eigenvalue weighted by atomic mass is 79.9. The van der Waals surface area contributed by atoms with Gasteiger partial charge in [0.15, 0.2) is 0 Å². The number of nitrogens with zero attached hydrogens (tertiary/aromatic N) is 1. The average molecular weight is 474 g/mol. The Labute approximate surface area is 187 Å². The Hall–Kier alpha value is -2.08. The van der Waals surface area contributed by atoms with E-state index in [1.54, 1.807) is 0 Å². The van der Waals surface area contributed by atoms with Crippen molar-refractivity contribution in [2.75, 3.05) is 12.0 Å². The predicted octanol–water partition coefficient (Wildman–Crippen LogP) is 5.23. The van der Waals surface area contributed by atoms with Crippen LogP contribution in [0.4, 0.5) is 0 Å². The van der Waals surface area contributed by atoms with E-state index in [1.807, 2.05) is 39.0 Å². The number of carbonyl (C=O) groups is 1. The maximum atomic E-state index is 13.5. The van der Waals surface area contributed by atoms with E-state index in [2.05, 4.69) is 38.8 Å². The van der Waals surface area contributed by atoms with Crippen molar-refractivity contribution in [1.82, 2.24) is 9.99 Å². The largest absolute Gasteiger partial charge is 0.345 e. The van der Waals surface area contributed by atoms with Gasteiger partial charge in [0.05, 0.1) is 21.8 Å². The van der Waals surface area contributed by atoms with Gasteiger partial charge in [-0.05, 0) is 66.1 Å². The highest BCUT2D eigenvalue weighted by Gasteiger charge is 2.29. The lowest BCUT2D eigenvalue weighted by Crippen LogP contribution is -2.39. The van der Waals surface area contributed by atoms with Gasteiger partial charge in [0, 0.05) is 6.54 Å². The second-order valence-electron chi connectivity index (χ2n) is 8.21. The van der Waals surface area contributed by atoms with Crippen molar-refractivity contribution in [1.29, 1.82) is 0 Å². The molecule has 1 saturated carbocycles. The van der Waals surface area contributed by atoms with E-state index in [0.29, 0.717) is 33.8 Å². The highest BCUT2D eigenvalue weighted by Crippen LogP contribution is 2.35. The molecule has 2 aromatic rings. The van der Waals surface area contributed by atoms with Gasteiger partial charge in [-0.2, -0.15) is 0 Å². The smallest absolute Gasteiger partial charge is 0.283 e. The zero-order valence-corrected chi connectivity index (χ0v) is 19.7. The molecule has 0 radical (unpaired) electrons. The van der Waals surface area contributed by atoms with Gasteiger partial charge in [-0.1, -0.05) is 56.5 Å². The summed E-state index contributed by atoms with van der Waals surface area (Å²) in [5.41, 5.74) is 5.99. The van der Waals surface area contributed by atoms with Crippen molar-refractivity contribution in [3.63, 3.8) is 0 Å². The third-order valence-electron chi connectivity index (χ3n) is 6.11. The zero-order chi connectivity index (χ0) is 21.7. The van der Waals surface area contributed by atoms with Crippen LogP contribution in [0, 0.1) is 19.8 Å². The minimum atomic E-state index is -0.165. The average Bonchev–Trinajstić information content (AvgIpc) is 2.77. The van der Waals surface area contributed by atoms with Gasteiger partial charge in [0.25, 0.3) is 11.5 Å². The molecule has 0 bridgehead atoms. The lowest BCUT2D eigenvalue weighted by molar-refractivity contribution is 0.0910. The number of pyridine rings is 1. The summed E-state index contributed by atoms with van der Waals surface area (Å²) in [7, 11) is 0. The number of carbonyl (C=O) groups excluding carboxylic acids is 1. The third kappa shape index (κ3) is 4.80. The Kier molecular flexibility index (Phi) is 7.75. The number of nitrogens with one attached hydrogen (secondary N) is 2. The number of benzene rings is 1. The lowest BCUT2D eigenvalue weighted by atomic mass is 9.81. The van der Waals surface area contributed by atoms with E-state index in [1.165, 1.54) is 23.9 Å². The molecule has 3 rings (SSSR count). The molecule has 0 spiro atoms. The Morgan fingerprint density at radius 2 is 1.83 bits per heavy atom. The Morgan fingerprint density at radius 3 is 2.47 bits per heavy atom. The molecule has 2 N–H and O–H groups in total. The monoisotopic (exact) mass is 473 g/mol. The Balaban J connectivity index is 1.97. The van der Waals surface area contributed by atoms with Crippen LogP contribution in [0.15, 0.2) is 39.6 Å². The third-order valence-corrected chi connectivity index (χ3v) is 7.04. The zero-order valence-electron chi connectivity index (χ0n) is 18.1. The van der Waals surface area contributed by atoms with Crippen LogP contribution in [0.25, 0.3) is 0 Å². The van der Waals surface area contributed by atoms with Crippen molar-refractivity contribution >= 4 is 21.8 Å². The van der Waals surface area contributed by atoms with Crippen molar-refractivity contribution in [3.8, 4) is 0 Å². The summed E-state index contributed by atoms with van der Waals surface area (Å²) in [5, 5.41) is 3.33. The SMILES string of the molecule is CCCNn1c(C)c(C(=O)N[C@H](c2ccccc2)C2CCCCC2)c(C)c(Br)c1=O. The van der Waals surface area contributed by atoms with Crippen LogP contribution in [0.5, 0.6) is 0 Å². The molecule has 1 aromatic heterocycles. The normalized spacial score (nSPS) is 15.6. The van der Waals surface area contributed by atoms with E-state index in [-0.39, 0.29) is 17.5 Å². The topological polar surface area (TPSA) is 63.1 Å². The Bertz CT molecular complexity index is 934. The first-order valence-corrected chi connectivity index (χ1v) is 11.8. The van der Waals surface area contributed by atoms with Gasteiger partial charge < -0.3 is 10.7 Å². The molecule has 0 aliphatic heterocycles. The van der Waals surface area contributed by atoms with Crippen LogP contribution in [-0.4, -0.2) is 17.1 Å². The number of hydrogen-bond acceptors (Lipinski definition) is 3. The molecule has 1 aliphatic rings. The Morgan fingerprint density at radius 1 is 1.17 bits per heavy atom. The van der Waals surface area contributed by atoms with Crippen LogP contribution in [0.3, 0.4) is 0 Å². The molecule has 1 aromatic carbocycles. The molecule has 1 aliphatic carbocycles. The van der Waals surface area contributed by atoms with Crippen molar-refractivity contribution in [3.05, 3.63) is 67.5 Å². The molecule has 162 valence electrons. The number of amides is 1. The molecule has 30 heavy (non-hydrogen) atoms. The highest BCUT2D eigenvalue weighted by molar-refractivity contribution is 9.10. The van der Waals surface area contributed by atoms with E-state index in [9.17, 15) is 9.59 Å². The quantitative estimate of drug-likeness (QED) is 0.578. The van der Waals surface area contributed by atoms with E-state index in [4.69, 9.17) is 0 Å². The minimum absolute atomic E-state index is 0.0273. The van der Waals surface area contributed by atoms with Gasteiger partial charge in [-0.15, -0.1) is 0 Å². The predicted molar refractivity (Wildman–Crippen MR) is 126 cm³/mol. The van der Waals surface area contributed by atoms with Gasteiger partial charge in [-0.3, -0.25) is 9.59 Å². The fraction of sp³-hybridized carbons (Fsp3) is 0.500. The van der Waals surface area contributed by atoms with Crippen LogP contribution in [0.1, 0.15) is 78.7 Å². The first kappa shape index (κ1) is 22.6. The standard InChI is InChI=1S/C24H32BrN3O2/c1-4-15-26-28-17(3)20(16(2)21(25)24(28)30)23(29)27-22(18-11-7-5-8-12-18)19-13-9-6-10-14-19/h5,7-8,11-12,19,22,26H,4,6,9-10,13-15H2,1-3H3,(H,27,29)/t22-/m1/s1. The summed E-state index contributed by atoms with van der Waals surface area (Å²) in [4.78, 5) is 26.2. The number of aromatic nitrogens is 1. The second kappa shape index (κ2) is 10.3. The van der Waals surface area contributed by atoms with Crippen LogP contribution in [0.2, 0.25) is 0 Å². The van der Waals surface area contributed by atoms with Gasteiger partial charge >= 0.3 is 0 Å². The molecular formula is C24H32BrN3O2. The van der Waals surface area contributed by atoms with E-state index < -0.39 is 0 Å². The second-order valence-corrected chi connectivity index (χ2v) is 9.00. The maximum absolute atomic E-state index is 13.5. The van der Waals surface area contributed by atoms with E-state index >= 15 is 0 Å². The minimum Gasteiger partial charge on any atom is -0.345 e.